The summed E-state index contributed by atoms with van der Waals surface area (Å²) in [5.74, 6) is 1.48. The molecule has 3 aliphatic rings. The fraction of sp³-hybridized carbons (Fsp3) is 0.111. The van der Waals surface area contributed by atoms with Crippen LogP contribution in [0.5, 0.6) is 11.5 Å². The Morgan fingerprint density at radius 1 is 0.506 bits per heavy atom. The molecule has 0 saturated carbocycles. The molecule has 11 aromatic carbocycles. The number of aryl methyl sites for hydroxylation is 3. The van der Waals surface area contributed by atoms with Gasteiger partial charge in [0.2, 0.25) is 0 Å². The molecule has 5 nitrogen and oxygen atoms in total. The van der Waals surface area contributed by atoms with Crippen LogP contribution < -0.4 is 14.5 Å². The number of pyridine rings is 1. The van der Waals surface area contributed by atoms with Gasteiger partial charge in [-0.15, -0.1) is 48.1 Å². The van der Waals surface area contributed by atoms with Crippen LogP contribution in [0.2, 0.25) is 0 Å². The number of hydrogen-bond donors (Lipinski definition) is 0. The van der Waals surface area contributed by atoms with Gasteiger partial charge in [0.1, 0.15) is 5.82 Å². The van der Waals surface area contributed by atoms with Crippen LogP contribution in [-0.2, 0) is 38.3 Å². The summed E-state index contributed by atoms with van der Waals surface area (Å²) >= 11 is 0. The van der Waals surface area contributed by atoms with E-state index in [0.29, 0.717) is 50.9 Å². The summed E-state index contributed by atoms with van der Waals surface area (Å²) in [4.78, 5) is 9.09. The molecule has 0 bridgehead atoms. The Balaban J connectivity index is 0.00000784. The van der Waals surface area contributed by atoms with Crippen LogP contribution in [0.1, 0.15) is 91.5 Å². The van der Waals surface area contributed by atoms with E-state index in [9.17, 15) is 2.74 Å². The molecule has 2 aromatic heterocycles. The first-order valence-electron chi connectivity index (χ1n) is 34.4. The number of para-hydroxylation sites is 3. The molecule has 87 heavy (non-hydrogen) atoms. The Hall–Kier alpha value is -9.54. The molecule has 0 N–H and O–H groups in total. The maximum atomic E-state index is 9.67. The SMILES string of the molecule is [2H]C([2H])([2H])c1cccc(-c2ccc(-n3c4[c-]c(Oc5[c-]c(N6[CH-]N(c7c(-c8cc(C([2H])([2H])[2H])cc(C([2H])([2H])[2H])c8)cc(C(C)(C)C)cc7-c7ccc8c(c7)-c7ccccc7C87c8ccccc8C([2H])([2H])c8ccccc87)c7ccccc76)ccc5)ccc4c4ccccc43)nc2)c1.[Pt]. The Bertz CT molecular complexity index is 5290. The number of benzene rings is 11. The second-order valence-electron chi connectivity index (χ2n) is 23.5. The van der Waals surface area contributed by atoms with Gasteiger partial charge in [0.15, 0.2) is 0 Å². The predicted molar refractivity (Wildman–Crippen MR) is 354 cm³/mol. The number of rotatable bonds is 8. The van der Waals surface area contributed by atoms with E-state index in [2.05, 4.69) is 105 Å². The van der Waals surface area contributed by atoms with E-state index >= 15 is 0 Å². The average Bonchev–Trinajstić information content (AvgIpc) is 1.53. The molecule has 0 unspecified atom stereocenters. The van der Waals surface area contributed by atoms with E-state index in [1.54, 1.807) is 36.5 Å². The summed E-state index contributed by atoms with van der Waals surface area (Å²) in [5.41, 5.74) is 15.4. The van der Waals surface area contributed by atoms with Crippen LogP contribution in [0.25, 0.3) is 72.1 Å². The summed E-state index contributed by atoms with van der Waals surface area (Å²) in [7, 11) is 0. The van der Waals surface area contributed by atoms with Gasteiger partial charge in [-0.2, -0.15) is 12.1 Å². The number of nitrogens with zero attached hydrogens (tertiary/aromatic N) is 4. The molecule has 0 atom stereocenters. The van der Waals surface area contributed by atoms with E-state index in [4.69, 9.17) is 22.1 Å². The Labute approximate surface area is 539 Å². The van der Waals surface area contributed by atoms with Gasteiger partial charge in [-0.25, -0.2) is 4.98 Å². The van der Waals surface area contributed by atoms with E-state index in [1.807, 2.05) is 150 Å². The molecule has 0 saturated heterocycles. The second kappa shape index (κ2) is 20.9. The Morgan fingerprint density at radius 3 is 1.90 bits per heavy atom. The average molecular weight is 1310 g/mol. The van der Waals surface area contributed by atoms with Crippen molar-refractivity contribution in [2.24, 2.45) is 0 Å². The predicted octanol–water partition coefficient (Wildman–Crippen LogP) is 20.5. The minimum atomic E-state index is -2.65. The van der Waals surface area contributed by atoms with Crippen molar-refractivity contribution >= 4 is 44.6 Å². The first-order valence-corrected chi connectivity index (χ1v) is 28.9. The number of anilines is 4. The molecule has 1 aliphatic heterocycles. The zero-order valence-electron chi connectivity index (χ0n) is 58.7. The Kier molecular flexibility index (Phi) is 10.3. The Morgan fingerprint density at radius 2 is 1.15 bits per heavy atom. The minimum Gasteiger partial charge on any atom is -0.509 e. The fourth-order valence-electron chi connectivity index (χ4n) is 13.5. The molecule has 6 heteroatoms. The molecule has 0 fully saturated rings. The van der Waals surface area contributed by atoms with Gasteiger partial charge in [-0.1, -0.05) is 201 Å². The van der Waals surface area contributed by atoms with Crippen molar-refractivity contribution in [1.29, 1.82) is 0 Å². The maximum Gasteiger partial charge on any atom is 0.135 e. The number of fused-ring (bicyclic) bond motifs is 13. The molecule has 424 valence electrons. The number of aromatic nitrogens is 2. The summed E-state index contributed by atoms with van der Waals surface area (Å²) in [6.07, 6.45) is -0.0239. The molecule has 13 aromatic rings. The van der Waals surface area contributed by atoms with E-state index in [0.717, 1.165) is 94.4 Å². The van der Waals surface area contributed by atoms with E-state index < -0.39 is 37.8 Å². The van der Waals surface area contributed by atoms with Gasteiger partial charge in [-0.05, 0) is 153 Å². The van der Waals surface area contributed by atoms with Crippen molar-refractivity contribution in [2.45, 2.75) is 58.5 Å². The first kappa shape index (κ1) is 43.1. The molecule has 16 rings (SSSR count). The molecular formula is C81H61N4OPt-3. The van der Waals surface area contributed by atoms with Gasteiger partial charge < -0.3 is 19.1 Å². The van der Waals surface area contributed by atoms with E-state index in [1.165, 1.54) is 6.07 Å². The quantitative estimate of drug-likeness (QED) is 0.142. The van der Waals surface area contributed by atoms with Crippen LogP contribution in [-0.4, -0.2) is 9.55 Å². The molecule has 3 heterocycles. The van der Waals surface area contributed by atoms with Crippen molar-refractivity contribution in [1.82, 2.24) is 9.55 Å². The monoisotopic (exact) mass is 1310 g/mol. The molecular weight excluding hydrogens is 1240 g/mol. The van der Waals surface area contributed by atoms with Gasteiger partial charge in [-0.3, -0.25) is 0 Å². The molecule has 2 aliphatic carbocycles. The smallest absolute Gasteiger partial charge is 0.135 e. The normalized spacial score (nSPS) is 16.4. The van der Waals surface area contributed by atoms with Crippen LogP contribution >= 0.6 is 0 Å². The van der Waals surface area contributed by atoms with Crippen molar-refractivity contribution in [3.05, 3.63) is 317 Å². The number of hydrogen-bond acceptors (Lipinski definition) is 4. The topological polar surface area (TPSA) is 33.5 Å². The summed E-state index contributed by atoms with van der Waals surface area (Å²) in [6, 6.07) is 83.2. The van der Waals surface area contributed by atoms with Gasteiger partial charge in [0.05, 0.1) is 5.41 Å². The van der Waals surface area contributed by atoms with E-state index in [-0.39, 0.29) is 37.8 Å². The minimum absolute atomic E-state index is 0. The van der Waals surface area contributed by atoms with Gasteiger partial charge in [0.25, 0.3) is 0 Å². The van der Waals surface area contributed by atoms with Crippen molar-refractivity contribution < 1.29 is 40.9 Å². The van der Waals surface area contributed by atoms with Gasteiger partial charge in [0, 0.05) is 93.1 Å². The molecule has 0 amide bonds. The van der Waals surface area contributed by atoms with Crippen LogP contribution in [0.15, 0.2) is 243 Å². The van der Waals surface area contributed by atoms with Crippen LogP contribution in [0.3, 0.4) is 0 Å². The third kappa shape index (κ3) is 8.80. The molecule has 0 radical (unpaired) electrons. The van der Waals surface area contributed by atoms with Gasteiger partial charge >= 0.3 is 0 Å². The maximum absolute atomic E-state index is 9.67. The summed E-state index contributed by atoms with van der Waals surface area (Å²) in [6.45, 7) is 0.831. The standard InChI is InChI=1S/C81H61N4O.Pt/c1-51-19-17-22-54(40-51)58-34-38-78(82-49-58)85-74-30-14-10-26-65(74)66-36-35-63(48-77(66)85)86-62-24-18-23-61(47-62)83-50-84(76-32-16-15-31-75(76)83)79-67(45-60(80(4,5)6)46-68(79)59-41-52(2)39-53(3)42-59)55-33-37-73-69(44-55)64-25-9-13-29-72(64)81(73)70-27-11-7-20-56(70)43-57-21-8-12-28-71(57)81;/h7-42,44-46,49-50H,43H2,1-6H3;/q-3;/i1D3,2D3,3D3,43D2;. The van der Waals surface area contributed by atoms with Crippen LogP contribution in [0.4, 0.5) is 22.7 Å². The summed E-state index contributed by atoms with van der Waals surface area (Å²) < 4.78 is 104. The number of ether oxygens (including phenoxy) is 1. The zero-order chi connectivity index (χ0) is 67.3. The van der Waals surface area contributed by atoms with Crippen molar-refractivity contribution in [3.8, 4) is 61.8 Å². The van der Waals surface area contributed by atoms with Crippen molar-refractivity contribution in [3.63, 3.8) is 0 Å². The fourth-order valence-corrected chi connectivity index (χ4v) is 13.5. The van der Waals surface area contributed by atoms with Crippen molar-refractivity contribution in [2.75, 3.05) is 9.80 Å². The largest absolute Gasteiger partial charge is 0.509 e. The summed E-state index contributed by atoms with van der Waals surface area (Å²) in [5, 5.41) is 1.94. The third-order valence-corrected chi connectivity index (χ3v) is 17.3. The van der Waals surface area contributed by atoms with Crippen LogP contribution in [0, 0.1) is 39.4 Å². The third-order valence-electron chi connectivity index (χ3n) is 17.3. The zero-order valence-corrected chi connectivity index (χ0v) is 50.0. The first-order chi connectivity index (χ1) is 46.3. The molecule has 1 spiro atoms. The second-order valence-corrected chi connectivity index (χ2v) is 23.5.